The maximum absolute atomic E-state index is 12.8. The van der Waals surface area contributed by atoms with E-state index in [2.05, 4.69) is 15.7 Å². The van der Waals surface area contributed by atoms with Crippen molar-refractivity contribution in [1.82, 2.24) is 15.1 Å². The number of nitrogens with zero attached hydrogens (tertiary/aromatic N) is 2. The molecule has 0 bridgehead atoms. The number of hydrogen-bond acceptors (Lipinski definition) is 3. The summed E-state index contributed by atoms with van der Waals surface area (Å²) in [7, 11) is 0. The van der Waals surface area contributed by atoms with Gasteiger partial charge in [-0.25, -0.2) is 4.68 Å². The van der Waals surface area contributed by atoms with Crippen molar-refractivity contribution in [2.45, 2.75) is 33.2 Å². The molecule has 0 spiro atoms. The summed E-state index contributed by atoms with van der Waals surface area (Å²) in [5.74, 6) is 0.121. The zero-order valence-electron chi connectivity index (χ0n) is 16.6. The van der Waals surface area contributed by atoms with Crippen molar-refractivity contribution in [3.05, 3.63) is 76.4 Å². The molecule has 0 saturated heterocycles. The van der Waals surface area contributed by atoms with Crippen molar-refractivity contribution >= 4 is 29.2 Å². The molecule has 3 aromatic rings. The van der Waals surface area contributed by atoms with Crippen LogP contribution in [-0.4, -0.2) is 21.6 Å². The largest absolute Gasteiger partial charge is 0.349 e. The molecule has 2 aromatic carbocycles. The number of rotatable bonds is 6. The number of benzene rings is 2. The summed E-state index contributed by atoms with van der Waals surface area (Å²) in [5, 5.41) is 10.8. The van der Waals surface area contributed by atoms with Crippen LogP contribution in [0.3, 0.4) is 0 Å². The van der Waals surface area contributed by atoms with Crippen LogP contribution in [-0.2, 0) is 9.59 Å². The minimum absolute atomic E-state index is 0.0996. The number of halogens is 1. The van der Waals surface area contributed by atoms with Crippen molar-refractivity contribution in [1.29, 1.82) is 0 Å². The van der Waals surface area contributed by atoms with Gasteiger partial charge in [0.1, 0.15) is 5.82 Å². The van der Waals surface area contributed by atoms with Crippen molar-refractivity contribution in [3.8, 4) is 5.69 Å². The Hall–Kier alpha value is -3.12. The summed E-state index contributed by atoms with van der Waals surface area (Å²) in [6, 6.07) is 16.4. The Balaban J connectivity index is 1.80. The van der Waals surface area contributed by atoms with E-state index < -0.39 is 6.04 Å². The van der Waals surface area contributed by atoms with Gasteiger partial charge in [-0.15, -0.1) is 0 Å². The zero-order chi connectivity index (χ0) is 21.0. The van der Waals surface area contributed by atoms with Crippen LogP contribution in [0.1, 0.15) is 36.2 Å². The normalized spacial score (nSPS) is 11.7. The van der Waals surface area contributed by atoms with Crippen LogP contribution in [0.4, 0.5) is 5.82 Å². The molecule has 0 aliphatic rings. The lowest BCUT2D eigenvalue weighted by atomic mass is 10.0. The molecule has 0 saturated carbocycles. The predicted molar refractivity (Wildman–Crippen MR) is 114 cm³/mol. The van der Waals surface area contributed by atoms with E-state index in [9.17, 15) is 9.59 Å². The van der Waals surface area contributed by atoms with E-state index in [1.54, 1.807) is 22.9 Å². The molecule has 0 fully saturated rings. The molecule has 2 N–H and O–H groups in total. The van der Waals surface area contributed by atoms with Gasteiger partial charge < -0.3 is 10.6 Å². The second-order valence-corrected chi connectivity index (χ2v) is 7.42. The SMILES string of the molecule is CC(=O)NC(CC(=O)Nc1cc(C)nn1-c1cccc(Cl)c1)c1ccc(C)cc1. The van der Waals surface area contributed by atoms with Crippen LogP contribution in [0.2, 0.25) is 5.02 Å². The Bertz CT molecular complexity index is 1030. The first kappa shape index (κ1) is 20.6. The molecular formula is C22H23ClN4O2. The van der Waals surface area contributed by atoms with Crippen LogP contribution in [0.15, 0.2) is 54.6 Å². The van der Waals surface area contributed by atoms with Crippen molar-refractivity contribution in [3.63, 3.8) is 0 Å². The van der Waals surface area contributed by atoms with Crippen molar-refractivity contribution < 1.29 is 9.59 Å². The maximum atomic E-state index is 12.8. The van der Waals surface area contributed by atoms with E-state index in [4.69, 9.17) is 11.6 Å². The number of amides is 2. The Morgan fingerprint density at radius 3 is 2.48 bits per heavy atom. The molecule has 0 radical (unpaired) electrons. The summed E-state index contributed by atoms with van der Waals surface area (Å²) in [6.07, 6.45) is 0.0996. The summed E-state index contributed by atoms with van der Waals surface area (Å²) >= 11 is 6.09. The fraction of sp³-hybridized carbons (Fsp3) is 0.227. The van der Waals surface area contributed by atoms with Crippen molar-refractivity contribution in [2.75, 3.05) is 5.32 Å². The molecule has 1 aromatic heterocycles. The van der Waals surface area contributed by atoms with E-state index in [1.165, 1.54) is 6.92 Å². The van der Waals surface area contributed by atoms with Gasteiger partial charge in [0.2, 0.25) is 11.8 Å². The molecule has 3 rings (SSSR count). The van der Waals surface area contributed by atoms with Crippen LogP contribution in [0.25, 0.3) is 5.69 Å². The standard InChI is InChI=1S/C22H23ClN4O2/c1-14-7-9-17(10-8-14)20(24-16(3)28)13-22(29)25-21-11-15(2)26-27(21)19-6-4-5-18(23)12-19/h4-12,20H,13H2,1-3H3,(H,24,28)(H,25,29). The summed E-state index contributed by atoms with van der Waals surface area (Å²) in [5.41, 5.74) is 3.50. The molecule has 29 heavy (non-hydrogen) atoms. The number of carbonyl (C=O) groups is 2. The molecular weight excluding hydrogens is 388 g/mol. The Morgan fingerprint density at radius 2 is 1.83 bits per heavy atom. The van der Waals surface area contributed by atoms with Gasteiger partial charge >= 0.3 is 0 Å². The highest BCUT2D eigenvalue weighted by atomic mass is 35.5. The summed E-state index contributed by atoms with van der Waals surface area (Å²) in [6.45, 7) is 5.28. The van der Waals surface area contributed by atoms with E-state index >= 15 is 0 Å². The monoisotopic (exact) mass is 410 g/mol. The van der Waals surface area contributed by atoms with Gasteiger partial charge in [0, 0.05) is 18.0 Å². The molecule has 7 heteroatoms. The lowest BCUT2D eigenvalue weighted by molar-refractivity contribution is -0.120. The highest BCUT2D eigenvalue weighted by molar-refractivity contribution is 6.30. The molecule has 2 amide bonds. The minimum Gasteiger partial charge on any atom is -0.349 e. The topological polar surface area (TPSA) is 76.0 Å². The van der Waals surface area contributed by atoms with Gasteiger partial charge in [-0.1, -0.05) is 47.5 Å². The fourth-order valence-electron chi connectivity index (χ4n) is 3.07. The number of aryl methyl sites for hydroxylation is 2. The number of anilines is 1. The molecule has 0 aliphatic heterocycles. The van der Waals surface area contributed by atoms with Crippen molar-refractivity contribution in [2.24, 2.45) is 0 Å². The lowest BCUT2D eigenvalue weighted by Gasteiger charge is -2.18. The van der Waals surface area contributed by atoms with E-state index in [1.807, 2.05) is 50.2 Å². The van der Waals surface area contributed by atoms with E-state index in [0.717, 1.165) is 22.5 Å². The maximum Gasteiger partial charge on any atom is 0.227 e. The van der Waals surface area contributed by atoms with Crippen LogP contribution in [0.5, 0.6) is 0 Å². The van der Waals surface area contributed by atoms with Crippen LogP contribution >= 0.6 is 11.6 Å². The quantitative estimate of drug-likeness (QED) is 0.634. The third-order valence-corrected chi connectivity index (χ3v) is 4.63. The van der Waals surface area contributed by atoms with E-state index in [0.29, 0.717) is 10.8 Å². The third kappa shape index (κ3) is 5.45. The number of aromatic nitrogens is 2. The molecule has 150 valence electrons. The first-order chi connectivity index (χ1) is 13.8. The second kappa shape index (κ2) is 8.92. The van der Waals surface area contributed by atoms with Gasteiger partial charge in [-0.05, 0) is 37.6 Å². The first-order valence-corrected chi connectivity index (χ1v) is 9.66. The van der Waals surface area contributed by atoms with Crippen LogP contribution in [0, 0.1) is 13.8 Å². The average Bonchev–Trinajstić information content (AvgIpc) is 3.01. The van der Waals surface area contributed by atoms with Gasteiger partial charge in [0.25, 0.3) is 0 Å². The van der Waals surface area contributed by atoms with Gasteiger partial charge in [0.15, 0.2) is 0 Å². The zero-order valence-corrected chi connectivity index (χ0v) is 17.3. The molecule has 6 nitrogen and oxygen atoms in total. The summed E-state index contributed by atoms with van der Waals surface area (Å²) < 4.78 is 1.64. The van der Waals surface area contributed by atoms with Gasteiger partial charge in [-0.2, -0.15) is 5.10 Å². The van der Waals surface area contributed by atoms with Crippen LogP contribution < -0.4 is 10.6 Å². The molecule has 1 unspecified atom stereocenters. The predicted octanol–water partition coefficient (Wildman–Crippen LogP) is 4.35. The fourth-order valence-corrected chi connectivity index (χ4v) is 3.25. The van der Waals surface area contributed by atoms with Gasteiger partial charge in [0.05, 0.1) is 23.8 Å². The Labute approximate surface area is 174 Å². The summed E-state index contributed by atoms with van der Waals surface area (Å²) in [4.78, 5) is 24.4. The lowest BCUT2D eigenvalue weighted by Crippen LogP contribution is -2.30. The Morgan fingerprint density at radius 1 is 1.10 bits per heavy atom. The minimum atomic E-state index is -0.420. The van der Waals surface area contributed by atoms with E-state index in [-0.39, 0.29) is 18.2 Å². The third-order valence-electron chi connectivity index (χ3n) is 4.40. The second-order valence-electron chi connectivity index (χ2n) is 6.98. The smallest absolute Gasteiger partial charge is 0.227 e. The average molecular weight is 411 g/mol. The number of hydrogen-bond donors (Lipinski definition) is 2. The van der Waals surface area contributed by atoms with Gasteiger partial charge in [-0.3, -0.25) is 9.59 Å². The highest BCUT2D eigenvalue weighted by Gasteiger charge is 2.19. The molecule has 0 aliphatic carbocycles. The Kier molecular flexibility index (Phi) is 6.34. The number of carbonyl (C=O) groups excluding carboxylic acids is 2. The highest BCUT2D eigenvalue weighted by Crippen LogP contribution is 2.22. The first-order valence-electron chi connectivity index (χ1n) is 9.28. The molecule has 1 heterocycles. The molecule has 1 atom stereocenters. The number of nitrogens with one attached hydrogen (secondary N) is 2.